The number of hydrogen-bond donors (Lipinski definition) is 2. The molecule has 0 unspecified atom stereocenters. The van der Waals surface area contributed by atoms with E-state index in [1.807, 2.05) is 24.4 Å². The maximum Gasteiger partial charge on any atom is 0.117 e. The van der Waals surface area contributed by atoms with Crippen molar-refractivity contribution < 1.29 is 5.11 Å². The van der Waals surface area contributed by atoms with Crippen molar-refractivity contribution in [2.45, 2.75) is 13.5 Å². The minimum absolute atomic E-state index is 0.271. The van der Waals surface area contributed by atoms with Crippen LogP contribution in [0, 0.1) is 6.92 Å². The fourth-order valence-corrected chi connectivity index (χ4v) is 1.49. The standard InChI is InChI=1S/C13H14N2O/c1-10-5-6-14-8-11(10)9-15-12-3-2-4-13(16)7-12/h2-8,15-16H,9H2,1H3. The first kappa shape index (κ1) is 10.5. The van der Waals surface area contributed by atoms with Crippen LogP contribution in [0.2, 0.25) is 0 Å². The number of hydrogen-bond acceptors (Lipinski definition) is 3. The highest BCUT2D eigenvalue weighted by atomic mass is 16.3. The molecule has 2 N–H and O–H groups in total. The van der Waals surface area contributed by atoms with Gasteiger partial charge in [-0.25, -0.2) is 0 Å². The van der Waals surface area contributed by atoms with Crippen molar-refractivity contribution in [3.8, 4) is 5.75 Å². The Morgan fingerprint density at radius 2 is 2.19 bits per heavy atom. The summed E-state index contributed by atoms with van der Waals surface area (Å²) in [5.41, 5.74) is 3.27. The number of aromatic nitrogens is 1. The highest BCUT2D eigenvalue weighted by molar-refractivity contribution is 5.48. The zero-order chi connectivity index (χ0) is 11.4. The molecule has 0 bridgehead atoms. The molecule has 0 amide bonds. The Kier molecular flexibility index (Phi) is 3.05. The zero-order valence-electron chi connectivity index (χ0n) is 9.14. The molecule has 0 aliphatic heterocycles. The molecule has 3 heteroatoms. The van der Waals surface area contributed by atoms with E-state index in [0.717, 1.165) is 11.3 Å². The lowest BCUT2D eigenvalue weighted by molar-refractivity contribution is 0.475. The number of phenols is 1. The molecule has 0 radical (unpaired) electrons. The average Bonchev–Trinajstić information content (AvgIpc) is 2.28. The molecule has 1 heterocycles. The van der Waals surface area contributed by atoms with E-state index < -0.39 is 0 Å². The number of aromatic hydroxyl groups is 1. The summed E-state index contributed by atoms with van der Waals surface area (Å²) >= 11 is 0. The highest BCUT2D eigenvalue weighted by Gasteiger charge is 1.98. The van der Waals surface area contributed by atoms with Crippen LogP contribution in [0.4, 0.5) is 5.69 Å². The third-order valence-electron chi connectivity index (χ3n) is 2.48. The fourth-order valence-electron chi connectivity index (χ4n) is 1.49. The lowest BCUT2D eigenvalue weighted by atomic mass is 10.1. The molecule has 0 atom stereocenters. The van der Waals surface area contributed by atoms with Gasteiger partial charge >= 0.3 is 0 Å². The van der Waals surface area contributed by atoms with Gasteiger partial charge in [-0.2, -0.15) is 0 Å². The van der Waals surface area contributed by atoms with E-state index >= 15 is 0 Å². The Hall–Kier alpha value is -2.03. The molecule has 0 aliphatic rings. The van der Waals surface area contributed by atoms with E-state index in [1.165, 1.54) is 5.56 Å². The largest absolute Gasteiger partial charge is 0.508 e. The smallest absolute Gasteiger partial charge is 0.117 e. The van der Waals surface area contributed by atoms with Gasteiger partial charge in [0, 0.05) is 30.7 Å². The third-order valence-corrected chi connectivity index (χ3v) is 2.48. The van der Waals surface area contributed by atoms with Gasteiger partial charge in [0.05, 0.1) is 0 Å². The van der Waals surface area contributed by atoms with Crippen LogP contribution in [0.15, 0.2) is 42.7 Å². The van der Waals surface area contributed by atoms with Crippen LogP contribution in [0.1, 0.15) is 11.1 Å². The van der Waals surface area contributed by atoms with Gasteiger partial charge in [-0.1, -0.05) is 6.07 Å². The molecule has 16 heavy (non-hydrogen) atoms. The quantitative estimate of drug-likeness (QED) is 0.825. The summed E-state index contributed by atoms with van der Waals surface area (Å²) in [4.78, 5) is 4.09. The Labute approximate surface area is 94.8 Å². The monoisotopic (exact) mass is 214 g/mol. The van der Waals surface area contributed by atoms with Gasteiger partial charge < -0.3 is 10.4 Å². The topological polar surface area (TPSA) is 45.2 Å². The predicted octanol–water partition coefficient (Wildman–Crippen LogP) is 2.71. The SMILES string of the molecule is Cc1ccncc1CNc1cccc(O)c1. The van der Waals surface area contributed by atoms with Crippen molar-refractivity contribution in [3.05, 3.63) is 53.9 Å². The minimum Gasteiger partial charge on any atom is -0.508 e. The molecular formula is C13H14N2O. The summed E-state index contributed by atoms with van der Waals surface area (Å²) in [6.45, 7) is 2.77. The number of aryl methyl sites for hydroxylation is 1. The molecule has 0 aliphatic carbocycles. The van der Waals surface area contributed by atoms with Crippen molar-refractivity contribution in [2.24, 2.45) is 0 Å². The first-order chi connectivity index (χ1) is 7.75. The van der Waals surface area contributed by atoms with E-state index in [0.29, 0.717) is 6.54 Å². The molecule has 0 saturated heterocycles. The lowest BCUT2D eigenvalue weighted by Crippen LogP contribution is -2.01. The van der Waals surface area contributed by atoms with Crippen LogP contribution in [0.25, 0.3) is 0 Å². The first-order valence-corrected chi connectivity index (χ1v) is 5.18. The Balaban J connectivity index is 2.05. The van der Waals surface area contributed by atoms with Crippen LogP contribution in [0.3, 0.4) is 0 Å². The summed E-state index contributed by atoms with van der Waals surface area (Å²) in [6.07, 6.45) is 3.64. The number of anilines is 1. The Bertz CT molecular complexity index is 483. The summed E-state index contributed by atoms with van der Waals surface area (Å²) in [6, 6.07) is 9.07. The van der Waals surface area contributed by atoms with Gasteiger partial charge in [0.1, 0.15) is 5.75 Å². The molecule has 2 rings (SSSR count). The van der Waals surface area contributed by atoms with E-state index in [-0.39, 0.29) is 5.75 Å². The van der Waals surface area contributed by atoms with Crippen LogP contribution >= 0.6 is 0 Å². The second-order valence-corrected chi connectivity index (χ2v) is 3.71. The van der Waals surface area contributed by atoms with Crippen molar-refractivity contribution in [2.75, 3.05) is 5.32 Å². The molecule has 1 aromatic carbocycles. The van der Waals surface area contributed by atoms with Crippen molar-refractivity contribution in [1.82, 2.24) is 4.98 Å². The molecule has 0 saturated carbocycles. The maximum atomic E-state index is 9.31. The maximum absolute atomic E-state index is 9.31. The second-order valence-electron chi connectivity index (χ2n) is 3.71. The van der Waals surface area contributed by atoms with Crippen molar-refractivity contribution in [1.29, 1.82) is 0 Å². The summed E-state index contributed by atoms with van der Waals surface area (Å²) in [5.74, 6) is 0.271. The van der Waals surface area contributed by atoms with Gasteiger partial charge in [-0.05, 0) is 36.2 Å². The molecule has 3 nitrogen and oxygen atoms in total. The number of nitrogens with one attached hydrogen (secondary N) is 1. The molecule has 0 fully saturated rings. The van der Waals surface area contributed by atoms with Crippen LogP contribution in [-0.2, 0) is 6.54 Å². The number of rotatable bonds is 3. The Morgan fingerprint density at radius 1 is 1.31 bits per heavy atom. The van der Waals surface area contributed by atoms with Gasteiger partial charge in [-0.3, -0.25) is 4.98 Å². The fraction of sp³-hybridized carbons (Fsp3) is 0.154. The normalized spacial score (nSPS) is 10.1. The zero-order valence-corrected chi connectivity index (χ0v) is 9.14. The van der Waals surface area contributed by atoms with Crippen LogP contribution in [0.5, 0.6) is 5.75 Å². The second kappa shape index (κ2) is 4.66. The van der Waals surface area contributed by atoms with Gasteiger partial charge in [-0.15, -0.1) is 0 Å². The summed E-state index contributed by atoms with van der Waals surface area (Å²) in [5, 5.41) is 12.6. The van der Waals surface area contributed by atoms with Gasteiger partial charge in [0.2, 0.25) is 0 Å². The van der Waals surface area contributed by atoms with E-state index in [4.69, 9.17) is 0 Å². The first-order valence-electron chi connectivity index (χ1n) is 5.18. The minimum atomic E-state index is 0.271. The molecule has 2 aromatic rings. The number of phenolic OH excluding ortho intramolecular Hbond substituents is 1. The number of benzene rings is 1. The van der Waals surface area contributed by atoms with Crippen molar-refractivity contribution in [3.63, 3.8) is 0 Å². The number of nitrogens with zero attached hydrogens (tertiary/aromatic N) is 1. The predicted molar refractivity (Wildman–Crippen MR) is 64.4 cm³/mol. The molecular weight excluding hydrogens is 200 g/mol. The average molecular weight is 214 g/mol. The Morgan fingerprint density at radius 3 is 2.94 bits per heavy atom. The molecule has 82 valence electrons. The number of pyridine rings is 1. The molecule has 0 spiro atoms. The third kappa shape index (κ3) is 2.51. The van der Waals surface area contributed by atoms with Gasteiger partial charge in [0.15, 0.2) is 0 Å². The van der Waals surface area contributed by atoms with Crippen molar-refractivity contribution >= 4 is 5.69 Å². The van der Waals surface area contributed by atoms with Gasteiger partial charge in [0.25, 0.3) is 0 Å². The van der Waals surface area contributed by atoms with Crippen LogP contribution in [-0.4, -0.2) is 10.1 Å². The van der Waals surface area contributed by atoms with E-state index in [2.05, 4.69) is 17.2 Å². The lowest BCUT2D eigenvalue weighted by Gasteiger charge is -2.08. The van der Waals surface area contributed by atoms with E-state index in [9.17, 15) is 5.11 Å². The summed E-state index contributed by atoms with van der Waals surface area (Å²) < 4.78 is 0. The summed E-state index contributed by atoms with van der Waals surface area (Å²) in [7, 11) is 0. The highest BCUT2D eigenvalue weighted by Crippen LogP contribution is 2.16. The van der Waals surface area contributed by atoms with E-state index in [1.54, 1.807) is 18.3 Å². The van der Waals surface area contributed by atoms with Crippen LogP contribution < -0.4 is 5.32 Å². The molecule has 1 aromatic heterocycles.